The van der Waals surface area contributed by atoms with E-state index in [2.05, 4.69) is 10.7 Å². The first-order valence-corrected chi connectivity index (χ1v) is 10.0. The predicted molar refractivity (Wildman–Crippen MR) is 111 cm³/mol. The van der Waals surface area contributed by atoms with E-state index in [9.17, 15) is 9.59 Å². The summed E-state index contributed by atoms with van der Waals surface area (Å²) in [5, 5.41) is 0.449. The molecule has 0 aliphatic rings. The van der Waals surface area contributed by atoms with Gasteiger partial charge in [-0.25, -0.2) is 4.79 Å². The quantitative estimate of drug-likeness (QED) is 0.489. The summed E-state index contributed by atoms with van der Waals surface area (Å²) in [6.45, 7) is 6.03. The number of benzene rings is 1. The maximum atomic E-state index is 13.0. The Morgan fingerprint density at radius 1 is 1.28 bits per heavy atom. The maximum Gasteiger partial charge on any atom is 0.370 e. The van der Waals surface area contributed by atoms with Gasteiger partial charge in [0.2, 0.25) is 5.43 Å². The number of nitrogens with zero attached hydrogens (tertiary/aromatic N) is 1. The van der Waals surface area contributed by atoms with Crippen LogP contribution in [0.25, 0.3) is 22.2 Å². The molecular weight excluding hydrogens is 368 g/mol. The van der Waals surface area contributed by atoms with Crippen molar-refractivity contribution in [3.63, 3.8) is 0 Å². The first-order chi connectivity index (χ1) is 14.0. The third kappa shape index (κ3) is 4.38. The van der Waals surface area contributed by atoms with Crippen LogP contribution in [0.1, 0.15) is 39.2 Å². The number of pyridine rings is 1. The zero-order chi connectivity index (χ0) is 21.0. The minimum atomic E-state index is -0.455. The van der Waals surface area contributed by atoms with Gasteiger partial charge in [0.1, 0.15) is 17.6 Å². The standard InChI is InChI=1S/C23H26N2O4/c1-4-8-15-11-16-20(12-19(15)29-23(27)21(24)14(3)5-2)28-13-17(22(16)26)18-9-6-7-10-25-18/h6-7,9-14,21H,4-5,8,24H2,1-3H3/p+1. The molecule has 0 aliphatic heterocycles. The normalized spacial score (nSPS) is 13.2. The van der Waals surface area contributed by atoms with Crippen LogP contribution in [0.5, 0.6) is 5.75 Å². The second-order valence-electron chi connectivity index (χ2n) is 7.31. The molecular formula is C23H27N2O4+. The average molecular weight is 395 g/mol. The molecule has 3 rings (SSSR count). The van der Waals surface area contributed by atoms with Gasteiger partial charge in [0.25, 0.3) is 0 Å². The maximum absolute atomic E-state index is 13.0. The van der Waals surface area contributed by atoms with E-state index < -0.39 is 6.04 Å². The van der Waals surface area contributed by atoms with Crippen molar-refractivity contribution < 1.29 is 19.7 Å². The van der Waals surface area contributed by atoms with E-state index >= 15 is 0 Å². The summed E-state index contributed by atoms with van der Waals surface area (Å²) >= 11 is 0. The molecule has 0 aliphatic carbocycles. The minimum Gasteiger partial charge on any atom is -0.463 e. The Hall–Kier alpha value is -2.99. The molecule has 29 heavy (non-hydrogen) atoms. The van der Waals surface area contributed by atoms with Crippen molar-refractivity contribution in [2.75, 3.05) is 0 Å². The van der Waals surface area contributed by atoms with E-state index in [1.54, 1.807) is 30.5 Å². The van der Waals surface area contributed by atoms with Crippen LogP contribution in [0.3, 0.4) is 0 Å². The highest BCUT2D eigenvalue weighted by molar-refractivity contribution is 5.85. The highest BCUT2D eigenvalue weighted by Gasteiger charge is 2.26. The number of quaternary nitrogens is 1. The van der Waals surface area contributed by atoms with Crippen LogP contribution in [-0.2, 0) is 11.2 Å². The predicted octanol–water partition coefficient (Wildman–Crippen LogP) is 3.37. The van der Waals surface area contributed by atoms with Crippen LogP contribution in [0.15, 0.2) is 52.0 Å². The fourth-order valence-electron chi connectivity index (χ4n) is 3.16. The topological polar surface area (TPSA) is 97.0 Å². The van der Waals surface area contributed by atoms with Crippen molar-refractivity contribution in [3.8, 4) is 17.0 Å². The molecule has 0 radical (unpaired) electrons. The molecule has 0 bridgehead atoms. The number of carbonyl (C=O) groups is 1. The SMILES string of the molecule is CCCc1cc2c(=O)c(-c3ccccn3)coc2cc1OC(=O)C([NH3+])C(C)CC. The molecule has 2 atom stereocenters. The number of hydrogen-bond acceptors (Lipinski definition) is 5. The molecule has 2 heterocycles. The van der Waals surface area contributed by atoms with Gasteiger partial charge in [-0.2, -0.15) is 0 Å². The van der Waals surface area contributed by atoms with Crippen molar-refractivity contribution in [3.05, 3.63) is 58.6 Å². The van der Waals surface area contributed by atoms with Crippen LogP contribution in [0, 0.1) is 5.92 Å². The summed E-state index contributed by atoms with van der Waals surface area (Å²) in [7, 11) is 0. The van der Waals surface area contributed by atoms with E-state index in [0.29, 0.717) is 34.4 Å². The molecule has 0 saturated carbocycles. The molecule has 3 N–H and O–H groups in total. The van der Waals surface area contributed by atoms with Crippen molar-refractivity contribution in [1.29, 1.82) is 0 Å². The smallest absolute Gasteiger partial charge is 0.370 e. The van der Waals surface area contributed by atoms with E-state index in [4.69, 9.17) is 9.15 Å². The molecule has 0 saturated heterocycles. The molecule has 1 aromatic carbocycles. The van der Waals surface area contributed by atoms with Gasteiger partial charge in [0.15, 0.2) is 6.04 Å². The van der Waals surface area contributed by atoms with Gasteiger partial charge in [0, 0.05) is 18.2 Å². The third-order valence-electron chi connectivity index (χ3n) is 5.26. The molecule has 3 aromatic rings. The number of esters is 1. The molecule has 2 aromatic heterocycles. The van der Waals surface area contributed by atoms with Crippen molar-refractivity contribution in [1.82, 2.24) is 4.98 Å². The minimum absolute atomic E-state index is 0.122. The number of rotatable bonds is 7. The molecule has 2 unspecified atom stereocenters. The van der Waals surface area contributed by atoms with Gasteiger partial charge in [-0.05, 0) is 36.6 Å². The van der Waals surface area contributed by atoms with E-state index in [0.717, 1.165) is 18.4 Å². The van der Waals surface area contributed by atoms with Gasteiger partial charge >= 0.3 is 5.97 Å². The van der Waals surface area contributed by atoms with E-state index in [1.165, 1.54) is 6.26 Å². The van der Waals surface area contributed by atoms with Gasteiger partial charge in [-0.3, -0.25) is 9.78 Å². The molecule has 6 heteroatoms. The van der Waals surface area contributed by atoms with Gasteiger partial charge < -0.3 is 14.9 Å². The summed E-state index contributed by atoms with van der Waals surface area (Å²) in [4.78, 5) is 29.8. The van der Waals surface area contributed by atoms with Crippen molar-refractivity contribution in [2.24, 2.45) is 5.92 Å². The van der Waals surface area contributed by atoms with Crippen LogP contribution in [0.2, 0.25) is 0 Å². The molecule has 0 spiro atoms. The number of fused-ring (bicyclic) bond motifs is 1. The van der Waals surface area contributed by atoms with E-state index in [1.807, 2.05) is 26.8 Å². The Kier molecular flexibility index (Phi) is 6.44. The zero-order valence-corrected chi connectivity index (χ0v) is 17.1. The number of ether oxygens (including phenoxy) is 1. The lowest BCUT2D eigenvalue weighted by Gasteiger charge is -2.16. The summed E-state index contributed by atoms with van der Waals surface area (Å²) in [6, 6.07) is 8.32. The number of hydrogen-bond donors (Lipinski definition) is 1. The highest BCUT2D eigenvalue weighted by Crippen LogP contribution is 2.28. The van der Waals surface area contributed by atoms with Crippen LogP contribution in [0.4, 0.5) is 0 Å². The first kappa shape index (κ1) is 20.7. The number of aryl methyl sites for hydroxylation is 1. The Labute approximate surface area is 169 Å². The number of aromatic nitrogens is 1. The fraction of sp³-hybridized carbons (Fsp3) is 0.348. The van der Waals surface area contributed by atoms with Crippen LogP contribution < -0.4 is 15.9 Å². The highest BCUT2D eigenvalue weighted by atomic mass is 16.5. The van der Waals surface area contributed by atoms with Gasteiger partial charge in [-0.15, -0.1) is 0 Å². The molecule has 6 nitrogen and oxygen atoms in total. The van der Waals surface area contributed by atoms with Gasteiger partial charge in [-0.1, -0.05) is 33.3 Å². The molecule has 152 valence electrons. The summed E-state index contributed by atoms with van der Waals surface area (Å²) < 4.78 is 11.4. The lowest BCUT2D eigenvalue weighted by molar-refractivity contribution is -0.418. The second-order valence-corrected chi connectivity index (χ2v) is 7.31. The van der Waals surface area contributed by atoms with Crippen LogP contribution >= 0.6 is 0 Å². The van der Waals surface area contributed by atoms with E-state index in [-0.39, 0.29) is 17.3 Å². The van der Waals surface area contributed by atoms with Crippen molar-refractivity contribution in [2.45, 2.75) is 46.1 Å². The first-order valence-electron chi connectivity index (χ1n) is 10.0. The lowest BCUT2D eigenvalue weighted by Crippen LogP contribution is -2.68. The van der Waals surface area contributed by atoms with Gasteiger partial charge in [0.05, 0.1) is 16.6 Å². The largest absolute Gasteiger partial charge is 0.463 e. The monoisotopic (exact) mass is 395 g/mol. The number of carbonyl (C=O) groups excluding carboxylic acids is 1. The summed E-state index contributed by atoms with van der Waals surface area (Å²) in [5.41, 5.74) is 5.93. The summed E-state index contributed by atoms with van der Waals surface area (Å²) in [5.74, 6) is 0.176. The third-order valence-corrected chi connectivity index (χ3v) is 5.26. The van der Waals surface area contributed by atoms with Crippen molar-refractivity contribution >= 4 is 16.9 Å². The second kappa shape index (κ2) is 9.01. The Morgan fingerprint density at radius 2 is 2.07 bits per heavy atom. The molecule has 0 fully saturated rings. The molecule has 0 amide bonds. The van der Waals surface area contributed by atoms with Crippen LogP contribution in [-0.4, -0.2) is 17.0 Å². The average Bonchev–Trinajstić information content (AvgIpc) is 2.74. The Morgan fingerprint density at radius 3 is 2.72 bits per heavy atom. The summed E-state index contributed by atoms with van der Waals surface area (Å²) in [6.07, 6.45) is 5.41. The Bertz CT molecular complexity index is 1060. The lowest BCUT2D eigenvalue weighted by atomic mass is 10.00. The Balaban J connectivity index is 2.05. The zero-order valence-electron chi connectivity index (χ0n) is 17.1. The fourth-order valence-corrected chi connectivity index (χ4v) is 3.16.